The van der Waals surface area contributed by atoms with E-state index in [1.165, 1.54) is 9.80 Å². The molecule has 0 N–H and O–H groups in total. The highest BCUT2D eigenvalue weighted by molar-refractivity contribution is 5.77. The number of ether oxygens (including phenoxy) is 1. The SMILES string of the molecule is CN(C)C(=O)CN1CCN(C(=O)OC(C)(C)C)C[C@@H]1C#N. The number of rotatable bonds is 2. The second-order valence-corrected chi connectivity index (χ2v) is 6.33. The molecule has 0 unspecified atom stereocenters. The minimum absolute atomic E-state index is 0.0547. The summed E-state index contributed by atoms with van der Waals surface area (Å²) in [6.07, 6.45) is -0.415. The fraction of sp³-hybridized carbons (Fsp3) is 0.786. The van der Waals surface area contributed by atoms with E-state index in [1.54, 1.807) is 39.8 Å². The van der Waals surface area contributed by atoms with E-state index in [0.717, 1.165) is 0 Å². The Morgan fingerprint density at radius 1 is 1.33 bits per heavy atom. The van der Waals surface area contributed by atoms with E-state index < -0.39 is 17.7 Å². The van der Waals surface area contributed by atoms with Gasteiger partial charge in [0.05, 0.1) is 19.2 Å². The van der Waals surface area contributed by atoms with Gasteiger partial charge in [0.25, 0.3) is 0 Å². The molecule has 0 saturated carbocycles. The maximum atomic E-state index is 12.0. The van der Waals surface area contributed by atoms with Gasteiger partial charge in [-0.3, -0.25) is 9.69 Å². The van der Waals surface area contributed by atoms with E-state index in [0.29, 0.717) is 13.1 Å². The Morgan fingerprint density at radius 3 is 2.43 bits per heavy atom. The zero-order valence-corrected chi connectivity index (χ0v) is 13.4. The van der Waals surface area contributed by atoms with E-state index >= 15 is 0 Å². The van der Waals surface area contributed by atoms with Gasteiger partial charge in [-0.2, -0.15) is 5.26 Å². The van der Waals surface area contributed by atoms with Gasteiger partial charge < -0.3 is 14.5 Å². The van der Waals surface area contributed by atoms with Gasteiger partial charge in [0.15, 0.2) is 0 Å². The first-order chi connectivity index (χ1) is 9.64. The average Bonchev–Trinajstić information content (AvgIpc) is 2.36. The van der Waals surface area contributed by atoms with Crippen LogP contribution in [0.5, 0.6) is 0 Å². The summed E-state index contributed by atoms with van der Waals surface area (Å²) in [5, 5.41) is 9.25. The normalized spacial score (nSPS) is 19.8. The third kappa shape index (κ3) is 5.23. The predicted molar refractivity (Wildman–Crippen MR) is 77.5 cm³/mol. The maximum absolute atomic E-state index is 12.0. The first-order valence-corrected chi connectivity index (χ1v) is 6.96. The molecular weight excluding hydrogens is 272 g/mol. The molecule has 0 radical (unpaired) electrons. The zero-order valence-electron chi connectivity index (χ0n) is 13.4. The lowest BCUT2D eigenvalue weighted by Crippen LogP contribution is -2.56. The minimum atomic E-state index is -0.558. The van der Waals surface area contributed by atoms with Crippen LogP contribution in [0.4, 0.5) is 4.79 Å². The number of carbonyl (C=O) groups is 2. The van der Waals surface area contributed by atoms with Crippen molar-refractivity contribution in [2.24, 2.45) is 0 Å². The number of piperazine rings is 1. The minimum Gasteiger partial charge on any atom is -0.444 e. The second kappa shape index (κ2) is 6.76. The van der Waals surface area contributed by atoms with Crippen molar-refractivity contribution >= 4 is 12.0 Å². The molecule has 2 amide bonds. The molecule has 1 aliphatic heterocycles. The van der Waals surface area contributed by atoms with Crippen molar-refractivity contribution in [3.05, 3.63) is 0 Å². The zero-order chi connectivity index (χ0) is 16.2. The number of hydrogen-bond donors (Lipinski definition) is 0. The summed E-state index contributed by atoms with van der Waals surface area (Å²) in [5.41, 5.74) is -0.558. The highest BCUT2D eigenvalue weighted by Gasteiger charge is 2.32. The van der Waals surface area contributed by atoms with Crippen LogP contribution in [0.2, 0.25) is 0 Å². The lowest BCUT2D eigenvalue weighted by Gasteiger charge is -2.38. The molecular formula is C14H24N4O3. The highest BCUT2D eigenvalue weighted by Crippen LogP contribution is 2.14. The van der Waals surface area contributed by atoms with Gasteiger partial charge in [-0.1, -0.05) is 0 Å². The second-order valence-electron chi connectivity index (χ2n) is 6.33. The van der Waals surface area contributed by atoms with E-state index in [-0.39, 0.29) is 19.0 Å². The molecule has 118 valence electrons. The van der Waals surface area contributed by atoms with Gasteiger partial charge >= 0.3 is 6.09 Å². The van der Waals surface area contributed by atoms with Crippen molar-refractivity contribution in [1.29, 1.82) is 5.26 Å². The molecule has 0 aromatic rings. The first-order valence-electron chi connectivity index (χ1n) is 6.96. The lowest BCUT2D eigenvalue weighted by atomic mass is 10.2. The Kier molecular flexibility index (Phi) is 5.55. The fourth-order valence-electron chi connectivity index (χ4n) is 1.94. The molecule has 0 aromatic heterocycles. The molecule has 1 aliphatic rings. The van der Waals surface area contributed by atoms with Crippen LogP contribution >= 0.6 is 0 Å². The summed E-state index contributed by atoms with van der Waals surface area (Å²) >= 11 is 0. The number of likely N-dealkylation sites (N-methyl/N-ethyl adjacent to an activating group) is 1. The third-order valence-corrected chi connectivity index (χ3v) is 3.13. The molecule has 7 nitrogen and oxygen atoms in total. The molecule has 0 aromatic carbocycles. The van der Waals surface area contributed by atoms with Gasteiger partial charge in [-0.25, -0.2) is 4.79 Å². The molecule has 1 heterocycles. The van der Waals surface area contributed by atoms with Gasteiger partial charge in [-0.15, -0.1) is 0 Å². The fourth-order valence-corrected chi connectivity index (χ4v) is 1.94. The first kappa shape index (κ1) is 17.2. The van der Waals surface area contributed by atoms with Crippen molar-refractivity contribution in [2.45, 2.75) is 32.4 Å². The van der Waals surface area contributed by atoms with Crippen LogP contribution < -0.4 is 0 Å². The van der Waals surface area contributed by atoms with Gasteiger partial charge in [0, 0.05) is 27.2 Å². The summed E-state index contributed by atoms with van der Waals surface area (Å²) in [4.78, 5) is 28.6. The molecule has 21 heavy (non-hydrogen) atoms. The van der Waals surface area contributed by atoms with Crippen molar-refractivity contribution < 1.29 is 14.3 Å². The lowest BCUT2D eigenvalue weighted by molar-refractivity contribution is -0.130. The smallest absolute Gasteiger partial charge is 0.410 e. The van der Waals surface area contributed by atoms with Crippen LogP contribution in [0.25, 0.3) is 0 Å². The van der Waals surface area contributed by atoms with Gasteiger partial charge in [0.2, 0.25) is 5.91 Å². The molecule has 0 bridgehead atoms. The number of nitriles is 1. The van der Waals surface area contributed by atoms with E-state index in [9.17, 15) is 14.9 Å². The quantitative estimate of drug-likeness (QED) is 0.742. The van der Waals surface area contributed by atoms with Crippen LogP contribution in [0.1, 0.15) is 20.8 Å². The highest BCUT2D eigenvalue weighted by atomic mass is 16.6. The molecule has 1 atom stereocenters. The third-order valence-electron chi connectivity index (χ3n) is 3.13. The van der Waals surface area contributed by atoms with Crippen molar-refractivity contribution in [1.82, 2.24) is 14.7 Å². The molecule has 0 spiro atoms. The average molecular weight is 296 g/mol. The van der Waals surface area contributed by atoms with E-state index in [2.05, 4.69) is 6.07 Å². The molecule has 0 aliphatic carbocycles. The van der Waals surface area contributed by atoms with Crippen LogP contribution in [0, 0.1) is 11.3 Å². The van der Waals surface area contributed by atoms with Crippen molar-refractivity contribution in [2.75, 3.05) is 40.3 Å². The molecule has 1 rings (SSSR count). The van der Waals surface area contributed by atoms with Crippen LogP contribution in [0.15, 0.2) is 0 Å². The topological polar surface area (TPSA) is 76.9 Å². The summed E-state index contributed by atoms with van der Waals surface area (Å²) in [6, 6.07) is 1.66. The summed E-state index contributed by atoms with van der Waals surface area (Å²) in [6.45, 7) is 6.79. The predicted octanol–water partition coefficient (Wildman–Crippen LogP) is 0.519. The Labute approximate surface area is 126 Å². The number of carbonyl (C=O) groups excluding carboxylic acids is 2. The Morgan fingerprint density at radius 2 is 1.95 bits per heavy atom. The summed E-state index contributed by atoms with van der Waals surface area (Å²) in [7, 11) is 3.36. The van der Waals surface area contributed by atoms with E-state index in [4.69, 9.17) is 4.74 Å². The largest absolute Gasteiger partial charge is 0.444 e. The van der Waals surface area contributed by atoms with Gasteiger partial charge in [-0.05, 0) is 20.8 Å². The number of amides is 2. The van der Waals surface area contributed by atoms with E-state index in [1.807, 2.05) is 0 Å². The monoisotopic (exact) mass is 296 g/mol. The van der Waals surface area contributed by atoms with Crippen LogP contribution in [-0.2, 0) is 9.53 Å². The summed E-state index contributed by atoms with van der Waals surface area (Å²) < 4.78 is 5.31. The molecule has 1 fully saturated rings. The van der Waals surface area contributed by atoms with Gasteiger partial charge in [0.1, 0.15) is 11.6 Å². The standard InChI is InChI=1S/C14H24N4O3/c1-14(2,3)21-13(20)18-7-6-17(11(8-15)9-18)10-12(19)16(4)5/h11H,6-7,9-10H2,1-5H3/t11-/m0/s1. The summed E-state index contributed by atoms with van der Waals surface area (Å²) in [5.74, 6) is -0.0547. The van der Waals surface area contributed by atoms with Crippen LogP contribution in [-0.4, -0.2) is 78.6 Å². The van der Waals surface area contributed by atoms with Crippen molar-refractivity contribution in [3.8, 4) is 6.07 Å². The Hall–Kier alpha value is -1.81. The maximum Gasteiger partial charge on any atom is 0.410 e. The molecule has 1 saturated heterocycles. The Bertz CT molecular complexity index is 436. The molecule has 7 heteroatoms. The van der Waals surface area contributed by atoms with Crippen molar-refractivity contribution in [3.63, 3.8) is 0 Å². The Balaban J connectivity index is 2.63. The number of hydrogen-bond acceptors (Lipinski definition) is 5. The van der Waals surface area contributed by atoms with Crippen LogP contribution in [0.3, 0.4) is 0 Å². The number of nitrogens with zero attached hydrogens (tertiary/aromatic N) is 4.